The molecule has 0 radical (unpaired) electrons. The molecule has 3 heteroatoms. The molecule has 0 saturated heterocycles. The molecule has 19 heavy (non-hydrogen) atoms. The van der Waals surface area contributed by atoms with E-state index in [2.05, 4.69) is 0 Å². The van der Waals surface area contributed by atoms with Crippen LogP contribution in [0.2, 0.25) is 0 Å². The van der Waals surface area contributed by atoms with Crippen LogP contribution in [-0.4, -0.2) is 24.4 Å². The highest BCUT2D eigenvalue weighted by Crippen LogP contribution is 2.30. The Bertz CT molecular complexity index is 372. The second kappa shape index (κ2) is 7.39. The van der Waals surface area contributed by atoms with E-state index in [1.54, 1.807) is 0 Å². The highest BCUT2D eigenvalue weighted by molar-refractivity contribution is 5.39. The Morgan fingerprint density at radius 2 is 1.79 bits per heavy atom. The van der Waals surface area contributed by atoms with Gasteiger partial charge in [-0.2, -0.15) is 0 Å². The monoisotopic (exact) mass is 264 g/mol. The van der Waals surface area contributed by atoms with Crippen molar-refractivity contribution in [2.45, 2.75) is 45.1 Å². The summed E-state index contributed by atoms with van der Waals surface area (Å²) in [6, 6.07) is 7.61. The summed E-state index contributed by atoms with van der Waals surface area (Å²) in [4.78, 5) is 0. The zero-order valence-electron chi connectivity index (χ0n) is 11.7. The Labute approximate surface area is 115 Å². The predicted octanol–water partition coefficient (Wildman–Crippen LogP) is 3.41. The van der Waals surface area contributed by atoms with Crippen molar-refractivity contribution in [1.29, 1.82) is 0 Å². The molecule has 1 saturated carbocycles. The Morgan fingerprint density at radius 1 is 1.16 bits per heavy atom. The number of aliphatic hydroxyl groups excluding tert-OH is 1. The van der Waals surface area contributed by atoms with Crippen LogP contribution in [0.25, 0.3) is 0 Å². The number of aliphatic hydroxyl groups is 1. The van der Waals surface area contributed by atoms with E-state index in [1.165, 1.54) is 25.7 Å². The average Bonchev–Trinajstić information content (AvgIpc) is 2.91. The van der Waals surface area contributed by atoms with Crippen molar-refractivity contribution in [3.8, 4) is 11.5 Å². The van der Waals surface area contributed by atoms with Gasteiger partial charge in [0.15, 0.2) is 11.5 Å². The van der Waals surface area contributed by atoms with Crippen LogP contribution in [0.1, 0.15) is 39.0 Å². The second-order valence-corrected chi connectivity index (χ2v) is 5.23. The van der Waals surface area contributed by atoms with Gasteiger partial charge in [0.1, 0.15) is 6.61 Å². The predicted molar refractivity (Wildman–Crippen MR) is 75.7 cm³/mol. The van der Waals surface area contributed by atoms with Crippen LogP contribution >= 0.6 is 0 Å². The molecule has 0 aliphatic heterocycles. The Hall–Kier alpha value is -1.22. The summed E-state index contributed by atoms with van der Waals surface area (Å²) in [6.07, 6.45) is 5.62. The van der Waals surface area contributed by atoms with E-state index < -0.39 is 0 Å². The molecule has 1 aliphatic rings. The maximum atomic E-state index is 10.0. The lowest BCUT2D eigenvalue weighted by Gasteiger charge is -2.17. The van der Waals surface area contributed by atoms with Gasteiger partial charge in [-0.25, -0.2) is 0 Å². The fourth-order valence-electron chi connectivity index (χ4n) is 2.73. The summed E-state index contributed by atoms with van der Waals surface area (Å²) in [5.41, 5.74) is 0. The molecule has 1 aromatic rings. The number of para-hydroxylation sites is 2. The number of ether oxygens (including phenoxy) is 2. The second-order valence-electron chi connectivity index (χ2n) is 5.23. The minimum absolute atomic E-state index is 0.348. The third-order valence-electron chi connectivity index (χ3n) is 3.66. The van der Waals surface area contributed by atoms with Gasteiger partial charge in [-0.05, 0) is 31.4 Å². The topological polar surface area (TPSA) is 38.7 Å². The van der Waals surface area contributed by atoms with Crippen molar-refractivity contribution in [3.63, 3.8) is 0 Å². The average molecular weight is 264 g/mol. The van der Waals surface area contributed by atoms with Crippen molar-refractivity contribution >= 4 is 0 Å². The molecule has 2 rings (SSSR count). The molecule has 1 aliphatic carbocycles. The van der Waals surface area contributed by atoms with E-state index in [0.29, 0.717) is 19.1 Å². The zero-order chi connectivity index (χ0) is 13.5. The first-order valence-corrected chi connectivity index (χ1v) is 7.32. The van der Waals surface area contributed by atoms with Crippen LogP contribution in [0.5, 0.6) is 11.5 Å². The molecule has 106 valence electrons. The Morgan fingerprint density at radius 3 is 2.42 bits per heavy atom. The van der Waals surface area contributed by atoms with E-state index in [-0.39, 0.29) is 6.10 Å². The van der Waals surface area contributed by atoms with Gasteiger partial charge in [-0.15, -0.1) is 0 Å². The molecule has 0 amide bonds. The number of hydrogen-bond donors (Lipinski definition) is 1. The van der Waals surface area contributed by atoms with Crippen molar-refractivity contribution in [2.24, 2.45) is 5.92 Å². The third kappa shape index (κ3) is 4.43. The fraction of sp³-hybridized carbons (Fsp3) is 0.625. The van der Waals surface area contributed by atoms with Gasteiger partial charge in [0, 0.05) is 0 Å². The summed E-state index contributed by atoms with van der Waals surface area (Å²) in [7, 11) is 0. The molecule has 1 N–H and O–H groups in total. The molecule has 0 bridgehead atoms. The maximum Gasteiger partial charge on any atom is 0.161 e. The van der Waals surface area contributed by atoms with E-state index in [4.69, 9.17) is 9.47 Å². The van der Waals surface area contributed by atoms with Gasteiger partial charge in [-0.3, -0.25) is 0 Å². The maximum absolute atomic E-state index is 10.0. The van der Waals surface area contributed by atoms with Gasteiger partial charge in [0.25, 0.3) is 0 Å². The number of benzene rings is 1. The lowest BCUT2D eigenvalue weighted by atomic mass is 10.0. The lowest BCUT2D eigenvalue weighted by Crippen LogP contribution is -2.20. The van der Waals surface area contributed by atoms with E-state index >= 15 is 0 Å². The van der Waals surface area contributed by atoms with Gasteiger partial charge >= 0.3 is 0 Å². The molecular formula is C16H24O3. The molecule has 1 atom stereocenters. The van der Waals surface area contributed by atoms with Crippen molar-refractivity contribution in [1.82, 2.24) is 0 Å². The molecule has 1 unspecified atom stereocenters. The molecule has 0 spiro atoms. The molecule has 0 heterocycles. The molecule has 0 aromatic heterocycles. The van der Waals surface area contributed by atoms with Crippen LogP contribution in [0.3, 0.4) is 0 Å². The van der Waals surface area contributed by atoms with Crippen LogP contribution < -0.4 is 9.47 Å². The number of hydrogen-bond acceptors (Lipinski definition) is 3. The highest BCUT2D eigenvalue weighted by atomic mass is 16.5. The highest BCUT2D eigenvalue weighted by Gasteiger charge is 2.19. The minimum Gasteiger partial charge on any atom is -0.490 e. The van der Waals surface area contributed by atoms with Crippen molar-refractivity contribution < 1.29 is 14.6 Å². The van der Waals surface area contributed by atoms with Crippen LogP contribution in [0, 0.1) is 5.92 Å². The Balaban J connectivity index is 1.80. The van der Waals surface area contributed by atoms with Crippen LogP contribution in [0.15, 0.2) is 24.3 Å². The van der Waals surface area contributed by atoms with Gasteiger partial charge in [0.05, 0.1) is 12.7 Å². The molecule has 1 aromatic carbocycles. The first-order chi connectivity index (χ1) is 9.29. The van der Waals surface area contributed by atoms with Gasteiger partial charge < -0.3 is 14.6 Å². The lowest BCUT2D eigenvalue weighted by molar-refractivity contribution is 0.0838. The largest absolute Gasteiger partial charge is 0.490 e. The standard InChI is InChI=1S/C16H24O3/c1-2-18-15-9-5-6-10-16(15)19-12-14(17)11-13-7-3-4-8-13/h5-6,9-10,13-14,17H,2-4,7-8,11-12H2,1H3. The number of rotatable bonds is 7. The van der Waals surface area contributed by atoms with E-state index in [1.807, 2.05) is 31.2 Å². The SMILES string of the molecule is CCOc1ccccc1OCC(O)CC1CCCC1. The summed E-state index contributed by atoms with van der Waals surface area (Å²) < 4.78 is 11.2. The van der Waals surface area contributed by atoms with Crippen molar-refractivity contribution in [3.05, 3.63) is 24.3 Å². The van der Waals surface area contributed by atoms with Crippen LogP contribution in [-0.2, 0) is 0 Å². The summed E-state index contributed by atoms with van der Waals surface area (Å²) >= 11 is 0. The summed E-state index contributed by atoms with van der Waals surface area (Å²) in [6.45, 7) is 2.91. The van der Waals surface area contributed by atoms with Crippen molar-refractivity contribution in [2.75, 3.05) is 13.2 Å². The molecule has 1 fully saturated rings. The zero-order valence-corrected chi connectivity index (χ0v) is 11.7. The first-order valence-electron chi connectivity index (χ1n) is 7.32. The molecule has 3 nitrogen and oxygen atoms in total. The van der Waals surface area contributed by atoms with Gasteiger partial charge in [0.2, 0.25) is 0 Å². The van der Waals surface area contributed by atoms with Crippen LogP contribution in [0.4, 0.5) is 0 Å². The molecular weight excluding hydrogens is 240 g/mol. The quantitative estimate of drug-likeness (QED) is 0.820. The van der Waals surface area contributed by atoms with E-state index in [9.17, 15) is 5.11 Å². The fourth-order valence-corrected chi connectivity index (χ4v) is 2.73. The van der Waals surface area contributed by atoms with Gasteiger partial charge in [-0.1, -0.05) is 37.8 Å². The summed E-state index contributed by atoms with van der Waals surface area (Å²) in [5, 5.41) is 10.0. The van der Waals surface area contributed by atoms with E-state index in [0.717, 1.165) is 17.9 Å². The normalized spacial score (nSPS) is 17.4. The smallest absolute Gasteiger partial charge is 0.161 e. The Kier molecular flexibility index (Phi) is 5.52. The summed E-state index contributed by atoms with van der Waals surface area (Å²) in [5.74, 6) is 2.15. The third-order valence-corrected chi connectivity index (χ3v) is 3.66. The first kappa shape index (κ1) is 14.2. The minimum atomic E-state index is -0.377.